The van der Waals surface area contributed by atoms with Crippen LogP contribution in [0.3, 0.4) is 0 Å². The predicted octanol–water partition coefficient (Wildman–Crippen LogP) is 3.13. The minimum Gasteiger partial charge on any atom is -0.327 e. The molecule has 1 aliphatic heterocycles. The molecule has 0 amide bonds. The molecule has 1 atom stereocenters. The zero-order valence-corrected chi connectivity index (χ0v) is 12.5. The SMILES string of the molecule is CCCn1c(C2CSCCN2)nc2cc(C)ccc21. The van der Waals surface area contributed by atoms with E-state index in [-0.39, 0.29) is 0 Å². The molecule has 1 N–H and O–H groups in total. The van der Waals surface area contributed by atoms with Crippen LogP contribution in [0.5, 0.6) is 0 Å². The van der Waals surface area contributed by atoms with Gasteiger partial charge in [-0.15, -0.1) is 0 Å². The van der Waals surface area contributed by atoms with E-state index in [0.717, 1.165) is 30.8 Å². The van der Waals surface area contributed by atoms with E-state index < -0.39 is 0 Å². The third-order valence-corrected chi connectivity index (χ3v) is 4.68. The number of aryl methyl sites for hydroxylation is 2. The second-order valence-electron chi connectivity index (χ2n) is 5.20. The standard InChI is InChI=1S/C15H21N3S/c1-3-7-18-14-5-4-11(2)9-12(14)17-15(18)13-10-19-8-6-16-13/h4-5,9,13,16H,3,6-8,10H2,1-2H3. The maximum Gasteiger partial charge on any atom is 0.127 e. The fourth-order valence-corrected chi connectivity index (χ4v) is 3.65. The summed E-state index contributed by atoms with van der Waals surface area (Å²) >= 11 is 2.02. The van der Waals surface area contributed by atoms with E-state index >= 15 is 0 Å². The normalized spacial score (nSPS) is 20.0. The Morgan fingerprint density at radius 3 is 3.11 bits per heavy atom. The van der Waals surface area contributed by atoms with E-state index in [2.05, 4.69) is 41.9 Å². The summed E-state index contributed by atoms with van der Waals surface area (Å²) in [5.74, 6) is 3.56. The van der Waals surface area contributed by atoms with Gasteiger partial charge in [0.1, 0.15) is 5.82 Å². The number of fused-ring (bicyclic) bond motifs is 1. The number of nitrogens with one attached hydrogen (secondary N) is 1. The van der Waals surface area contributed by atoms with Crippen molar-refractivity contribution in [1.29, 1.82) is 0 Å². The van der Waals surface area contributed by atoms with Crippen molar-refractivity contribution in [2.24, 2.45) is 0 Å². The van der Waals surface area contributed by atoms with Crippen LogP contribution in [0.4, 0.5) is 0 Å². The van der Waals surface area contributed by atoms with Crippen LogP contribution >= 0.6 is 11.8 Å². The van der Waals surface area contributed by atoms with Crippen LogP contribution in [0.15, 0.2) is 18.2 Å². The first-order valence-electron chi connectivity index (χ1n) is 7.07. The third-order valence-electron chi connectivity index (χ3n) is 3.61. The summed E-state index contributed by atoms with van der Waals surface area (Å²) in [7, 11) is 0. The molecule has 19 heavy (non-hydrogen) atoms. The van der Waals surface area contributed by atoms with Gasteiger partial charge in [-0.25, -0.2) is 4.98 Å². The summed E-state index contributed by atoms with van der Waals surface area (Å²) in [4.78, 5) is 4.90. The van der Waals surface area contributed by atoms with Crippen molar-refractivity contribution in [3.8, 4) is 0 Å². The molecule has 3 nitrogen and oxygen atoms in total. The van der Waals surface area contributed by atoms with Crippen molar-refractivity contribution in [3.63, 3.8) is 0 Å². The Labute approximate surface area is 118 Å². The molecule has 1 unspecified atom stereocenters. The lowest BCUT2D eigenvalue weighted by molar-refractivity contribution is 0.526. The minimum absolute atomic E-state index is 0.401. The van der Waals surface area contributed by atoms with Gasteiger partial charge in [0.2, 0.25) is 0 Å². The van der Waals surface area contributed by atoms with Gasteiger partial charge in [0.15, 0.2) is 0 Å². The zero-order valence-electron chi connectivity index (χ0n) is 11.6. The highest BCUT2D eigenvalue weighted by Crippen LogP contribution is 2.26. The van der Waals surface area contributed by atoms with Crippen molar-refractivity contribution in [1.82, 2.24) is 14.9 Å². The van der Waals surface area contributed by atoms with Gasteiger partial charge in [0, 0.05) is 24.6 Å². The second kappa shape index (κ2) is 5.55. The predicted molar refractivity (Wildman–Crippen MR) is 82.8 cm³/mol. The lowest BCUT2D eigenvalue weighted by Crippen LogP contribution is -2.32. The Hall–Kier alpha value is -1.00. The van der Waals surface area contributed by atoms with Crippen molar-refractivity contribution in [2.75, 3.05) is 18.1 Å². The Morgan fingerprint density at radius 1 is 1.47 bits per heavy atom. The number of imidazole rings is 1. The molecule has 1 aromatic heterocycles. The summed E-state index contributed by atoms with van der Waals surface area (Å²) < 4.78 is 2.40. The highest BCUT2D eigenvalue weighted by Gasteiger charge is 2.21. The van der Waals surface area contributed by atoms with Crippen LogP contribution in [-0.4, -0.2) is 27.6 Å². The molecular formula is C15H21N3S. The largest absolute Gasteiger partial charge is 0.327 e. The van der Waals surface area contributed by atoms with Crippen LogP contribution in [-0.2, 0) is 6.54 Å². The van der Waals surface area contributed by atoms with Crippen molar-refractivity contribution >= 4 is 22.8 Å². The van der Waals surface area contributed by atoms with E-state index in [1.165, 1.54) is 22.7 Å². The maximum atomic E-state index is 4.90. The molecule has 2 heterocycles. The zero-order chi connectivity index (χ0) is 13.2. The smallest absolute Gasteiger partial charge is 0.127 e. The van der Waals surface area contributed by atoms with Crippen molar-refractivity contribution in [2.45, 2.75) is 32.9 Å². The molecule has 2 aromatic rings. The van der Waals surface area contributed by atoms with Gasteiger partial charge < -0.3 is 9.88 Å². The molecule has 0 radical (unpaired) electrons. The summed E-state index contributed by atoms with van der Waals surface area (Å²) in [5, 5.41) is 3.61. The first-order chi connectivity index (χ1) is 9.29. The monoisotopic (exact) mass is 275 g/mol. The van der Waals surface area contributed by atoms with Gasteiger partial charge in [0.25, 0.3) is 0 Å². The second-order valence-corrected chi connectivity index (χ2v) is 6.35. The fraction of sp³-hybridized carbons (Fsp3) is 0.533. The topological polar surface area (TPSA) is 29.9 Å². The van der Waals surface area contributed by atoms with Crippen molar-refractivity contribution < 1.29 is 0 Å². The summed E-state index contributed by atoms with van der Waals surface area (Å²) in [6.07, 6.45) is 1.15. The Balaban J connectivity index is 2.08. The quantitative estimate of drug-likeness (QED) is 0.933. The number of nitrogens with zero attached hydrogens (tertiary/aromatic N) is 2. The van der Waals surface area contributed by atoms with Crippen LogP contribution in [0.1, 0.15) is 30.8 Å². The molecule has 1 fully saturated rings. The summed E-state index contributed by atoms with van der Waals surface area (Å²) in [6.45, 7) is 6.50. The number of rotatable bonds is 3. The summed E-state index contributed by atoms with van der Waals surface area (Å²) in [6, 6.07) is 6.99. The molecule has 0 aliphatic carbocycles. The molecular weight excluding hydrogens is 254 g/mol. The molecule has 1 aromatic carbocycles. The number of thioether (sulfide) groups is 1. The van der Waals surface area contributed by atoms with E-state index in [9.17, 15) is 0 Å². The minimum atomic E-state index is 0.401. The Bertz CT molecular complexity index is 570. The Kier molecular flexibility index (Phi) is 3.80. The molecule has 1 aliphatic rings. The van der Waals surface area contributed by atoms with Crippen LogP contribution < -0.4 is 5.32 Å². The summed E-state index contributed by atoms with van der Waals surface area (Å²) in [5.41, 5.74) is 3.70. The number of aromatic nitrogens is 2. The van der Waals surface area contributed by atoms with Crippen molar-refractivity contribution in [3.05, 3.63) is 29.6 Å². The van der Waals surface area contributed by atoms with Gasteiger partial charge in [0.05, 0.1) is 17.1 Å². The van der Waals surface area contributed by atoms with Crippen LogP contribution in [0, 0.1) is 6.92 Å². The first-order valence-corrected chi connectivity index (χ1v) is 8.23. The molecule has 102 valence electrons. The number of benzene rings is 1. The number of hydrogen-bond donors (Lipinski definition) is 1. The van der Waals surface area contributed by atoms with Crippen LogP contribution in [0.25, 0.3) is 11.0 Å². The van der Waals surface area contributed by atoms with Gasteiger partial charge in [-0.1, -0.05) is 13.0 Å². The van der Waals surface area contributed by atoms with E-state index in [0.29, 0.717) is 6.04 Å². The van der Waals surface area contributed by atoms with Gasteiger partial charge in [-0.3, -0.25) is 0 Å². The van der Waals surface area contributed by atoms with E-state index in [1.54, 1.807) is 0 Å². The molecule has 3 rings (SSSR count). The molecule has 0 spiro atoms. The lowest BCUT2D eigenvalue weighted by Gasteiger charge is -2.23. The van der Waals surface area contributed by atoms with E-state index in [4.69, 9.17) is 4.98 Å². The average Bonchev–Trinajstić information content (AvgIpc) is 2.78. The van der Waals surface area contributed by atoms with Crippen LogP contribution in [0.2, 0.25) is 0 Å². The molecule has 0 bridgehead atoms. The van der Waals surface area contributed by atoms with Gasteiger partial charge in [-0.2, -0.15) is 11.8 Å². The lowest BCUT2D eigenvalue weighted by atomic mass is 10.2. The highest BCUT2D eigenvalue weighted by molar-refractivity contribution is 7.99. The maximum absolute atomic E-state index is 4.90. The van der Waals surface area contributed by atoms with Gasteiger partial charge >= 0.3 is 0 Å². The first kappa shape index (κ1) is 13.0. The van der Waals surface area contributed by atoms with E-state index in [1.807, 2.05) is 11.8 Å². The highest BCUT2D eigenvalue weighted by atomic mass is 32.2. The molecule has 0 saturated carbocycles. The van der Waals surface area contributed by atoms with Gasteiger partial charge in [-0.05, 0) is 31.0 Å². The third kappa shape index (κ3) is 2.51. The fourth-order valence-electron chi connectivity index (χ4n) is 2.71. The average molecular weight is 275 g/mol. The molecule has 1 saturated heterocycles. The Morgan fingerprint density at radius 2 is 2.37 bits per heavy atom. The number of hydrogen-bond acceptors (Lipinski definition) is 3. The molecule has 4 heteroatoms.